The van der Waals surface area contributed by atoms with Gasteiger partial charge in [-0.1, -0.05) is 12.1 Å². The van der Waals surface area contributed by atoms with Crippen LogP contribution in [0.5, 0.6) is 5.75 Å². The maximum absolute atomic E-state index is 12.5. The average molecular weight is 362 g/mol. The van der Waals surface area contributed by atoms with Gasteiger partial charge in [0, 0.05) is 24.8 Å². The lowest BCUT2D eigenvalue weighted by Gasteiger charge is -2.21. The number of benzene rings is 1. The summed E-state index contributed by atoms with van der Waals surface area (Å²) in [6, 6.07) is 13.7. The van der Waals surface area contributed by atoms with Crippen LogP contribution in [0.4, 0.5) is 0 Å². The van der Waals surface area contributed by atoms with Gasteiger partial charge < -0.3 is 15.4 Å². The molecule has 0 unspecified atom stereocenters. The summed E-state index contributed by atoms with van der Waals surface area (Å²) in [5.74, 6) is -0.0273. The molecule has 0 radical (unpaired) electrons. The summed E-state index contributed by atoms with van der Waals surface area (Å²) in [4.78, 5) is 32.9. The van der Waals surface area contributed by atoms with E-state index in [0.717, 1.165) is 0 Å². The van der Waals surface area contributed by atoms with E-state index in [1.165, 1.54) is 12.4 Å². The largest absolute Gasteiger partial charge is 0.497 e. The molecular formula is C20H18N4O3. The van der Waals surface area contributed by atoms with Crippen molar-refractivity contribution in [3.8, 4) is 5.75 Å². The second kappa shape index (κ2) is 8.57. The van der Waals surface area contributed by atoms with Crippen LogP contribution in [0.15, 0.2) is 73.3 Å². The van der Waals surface area contributed by atoms with Gasteiger partial charge in [-0.3, -0.25) is 19.6 Å². The first kappa shape index (κ1) is 18.1. The van der Waals surface area contributed by atoms with Crippen molar-refractivity contribution in [2.75, 3.05) is 7.11 Å². The summed E-state index contributed by atoms with van der Waals surface area (Å²) >= 11 is 0. The van der Waals surface area contributed by atoms with Gasteiger partial charge in [0.2, 0.25) is 0 Å². The van der Waals surface area contributed by atoms with Crippen LogP contribution in [-0.4, -0.2) is 28.9 Å². The lowest BCUT2D eigenvalue weighted by molar-refractivity contribution is 0.0883. The zero-order valence-corrected chi connectivity index (χ0v) is 14.6. The van der Waals surface area contributed by atoms with E-state index in [9.17, 15) is 9.59 Å². The molecule has 136 valence electrons. The predicted molar refractivity (Wildman–Crippen MR) is 99.1 cm³/mol. The minimum atomic E-state index is -0.740. The number of carbonyl (C=O) groups excluding carboxylic acids is 2. The number of hydrogen-bond acceptors (Lipinski definition) is 5. The van der Waals surface area contributed by atoms with Crippen LogP contribution in [0.2, 0.25) is 0 Å². The fourth-order valence-electron chi connectivity index (χ4n) is 2.42. The second-order valence-corrected chi connectivity index (χ2v) is 5.64. The topological polar surface area (TPSA) is 93.2 Å². The Bertz CT molecular complexity index is 846. The van der Waals surface area contributed by atoms with E-state index < -0.39 is 6.17 Å². The fraction of sp³-hybridized carbons (Fsp3) is 0.100. The van der Waals surface area contributed by atoms with Crippen molar-refractivity contribution < 1.29 is 14.3 Å². The van der Waals surface area contributed by atoms with Gasteiger partial charge in [0.1, 0.15) is 11.9 Å². The van der Waals surface area contributed by atoms with Crippen molar-refractivity contribution in [3.05, 3.63) is 90.0 Å². The third-order valence-corrected chi connectivity index (χ3v) is 3.85. The molecule has 27 heavy (non-hydrogen) atoms. The highest BCUT2D eigenvalue weighted by Crippen LogP contribution is 2.17. The van der Waals surface area contributed by atoms with Crippen LogP contribution in [-0.2, 0) is 0 Å². The van der Waals surface area contributed by atoms with E-state index in [1.807, 2.05) is 0 Å². The molecule has 0 saturated carbocycles. The highest BCUT2D eigenvalue weighted by atomic mass is 16.5. The molecule has 0 aliphatic heterocycles. The van der Waals surface area contributed by atoms with E-state index in [0.29, 0.717) is 22.4 Å². The first-order chi connectivity index (χ1) is 13.2. The third-order valence-electron chi connectivity index (χ3n) is 3.85. The van der Waals surface area contributed by atoms with Crippen molar-refractivity contribution in [2.24, 2.45) is 0 Å². The summed E-state index contributed by atoms with van der Waals surface area (Å²) in [6.45, 7) is 0. The second-order valence-electron chi connectivity index (χ2n) is 5.64. The number of ether oxygens (including phenoxy) is 1. The lowest BCUT2D eigenvalue weighted by atomic mass is 10.1. The van der Waals surface area contributed by atoms with Gasteiger partial charge in [0.15, 0.2) is 0 Å². The molecule has 2 heterocycles. The van der Waals surface area contributed by atoms with Gasteiger partial charge in [0.05, 0.1) is 18.2 Å². The summed E-state index contributed by atoms with van der Waals surface area (Å²) in [6.07, 6.45) is 5.35. The van der Waals surface area contributed by atoms with Crippen molar-refractivity contribution in [2.45, 2.75) is 6.17 Å². The number of amides is 2. The Morgan fingerprint density at radius 1 is 0.852 bits per heavy atom. The maximum Gasteiger partial charge on any atom is 0.254 e. The predicted octanol–water partition coefficient (Wildman–Crippen LogP) is 2.34. The van der Waals surface area contributed by atoms with Crippen molar-refractivity contribution in [1.29, 1.82) is 0 Å². The van der Waals surface area contributed by atoms with E-state index >= 15 is 0 Å². The summed E-state index contributed by atoms with van der Waals surface area (Å²) < 4.78 is 5.16. The molecule has 7 nitrogen and oxygen atoms in total. The smallest absolute Gasteiger partial charge is 0.254 e. The molecule has 3 rings (SSSR count). The minimum absolute atomic E-state index is 0.351. The number of aromatic nitrogens is 2. The van der Waals surface area contributed by atoms with Gasteiger partial charge in [0.25, 0.3) is 11.8 Å². The fourth-order valence-corrected chi connectivity index (χ4v) is 2.42. The van der Waals surface area contributed by atoms with Crippen LogP contribution >= 0.6 is 0 Å². The highest BCUT2D eigenvalue weighted by molar-refractivity contribution is 5.96. The normalized spacial score (nSPS) is 10.3. The molecule has 2 amide bonds. The van der Waals surface area contributed by atoms with Gasteiger partial charge in [-0.25, -0.2) is 0 Å². The van der Waals surface area contributed by atoms with Crippen LogP contribution in [0.1, 0.15) is 32.4 Å². The van der Waals surface area contributed by atoms with Crippen molar-refractivity contribution in [3.63, 3.8) is 0 Å². The molecule has 2 N–H and O–H groups in total. The van der Waals surface area contributed by atoms with Gasteiger partial charge in [-0.15, -0.1) is 0 Å². The van der Waals surface area contributed by atoms with E-state index in [2.05, 4.69) is 20.6 Å². The quantitative estimate of drug-likeness (QED) is 0.657. The molecule has 0 aliphatic rings. The Morgan fingerprint density at radius 3 is 1.78 bits per heavy atom. The van der Waals surface area contributed by atoms with Crippen LogP contribution in [0.3, 0.4) is 0 Å². The number of pyridine rings is 2. The monoisotopic (exact) mass is 362 g/mol. The molecule has 0 aliphatic carbocycles. The van der Waals surface area contributed by atoms with Gasteiger partial charge >= 0.3 is 0 Å². The number of nitrogens with zero attached hydrogens (tertiary/aromatic N) is 2. The Labute approximate surface area is 156 Å². The maximum atomic E-state index is 12.5. The van der Waals surface area contributed by atoms with Crippen LogP contribution in [0, 0.1) is 0 Å². The Kier molecular flexibility index (Phi) is 5.73. The summed E-state index contributed by atoms with van der Waals surface area (Å²) in [7, 11) is 1.57. The summed E-state index contributed by atoms with van der Waals surface area (Å²) in [5.41, 5.74) is 1.49. The third kappa shape index (κ3) is 4.66. The molecule has 0 atom stereocenters. The lowest BCUT2D eigenvalue weighted by Crippen LogP contribution is -2.41. The molecule has 0 spiro atoms. The Hall–Kier alpha value is -3.74. The molecule has 2 aromatic heterocycles. The van der Waals surface area contributed by atoms with Crippen LogP contribution in [0.25, 0.3) is 0 Å². The number of methoxy groups -OCH3 is 1. The van der Waals surface area contributed by atoms with E-state index in [-0.39, 0.29) is 11.8 Å². The zero-order chi connectivity index (χ0) is 19.1. The van der Waals surface area contributed by atoms with E-state index in [1.54, 1.807) is 68.0 Å². The van der Waals surface area contributed by atoms with Gasteiger partial charge in [-0.2, -0.15) is 0 Å². The first-order valence-electron chi connectivity index (χ1n) is 8.23. The minimum Gasteiger partial charge on any atom is -0.497 e. The zero-order valence-electron chi connectivity index (χ0n) is 14.6. The summed E-state index contributed by atoms with van der Waals surface area (Å²) in [5, 5.41) is 5.63. The molecule has 1 aromatic carbocycles. The number of nitrogens with one attached hydrogen (secondary N) is 2. The van der Waals surface area contributed by atoms with Gasteiger partial charge in [-0.05, 0) is 42.0 Å². The van der Waals surface area contributed by atoms with Crippen molar-refractivity contribution >= 4 is 11.8 Å². The van der Waals surface area contributed by atoms with Crippen molar-refractivity contribution in [1.82, 2.24) is 20.6 Å². The number of hydrogen-bond donors (Lipinski definition) is 2. The molecule has 7 heteroatoms. The molecule has 3 aromatic rings. The SMILES string of the molecule is COc1ccc(C(NC(=O)c2cccnc2)NC(=O)c2cccnc2)cc1. The average Bonchev–Trinajstić information content (AvgIpc) is 2.74. The molecule has 0 saturated heterocycles. The molecule has 0 bridgehead atoms. The standard InChI is InChI=1S/C20H18N4O3/c1-27-17-8-6-14(7-9-17)18(23-19(25)15-4-2-10-21-12-15)24-20(26)16-5-3-11-22-13-16/h2-13,18H,1H3,(H,23,25)(H,24,26). The molecular weight excluding hydrogens is 344 g/mol. The first-order valence-corrected chi connectivity index (χ1v) is 8.23. The molecule has 0 fully saturated rings. The number of rotatable bonds is 6. The Morgan fingerprint density at radius 2 is 1.37 bits per heavy atom. The highest BCUT2D eigenvalue weighted by Gasteiger charge is 2.19. The van der Waals surface area contributed by atoms with E-state index in [4.69, 9.17) is 4.74 Å². The van der Waals surface area contributed by atoms with Crippen LogP contribution < -0.4 is 15.4 Å². The Balaban J connectivity index is 1.83. The number of carbonyl (C=O) groups is 2.